The maximum Gasteiger partial charge on any atom is 0.422 e. The summed E-state index contributed by atoms with van der Waals surface area (Å²) in [6.07, 6.45) is -4.35. The zero-order valence-electron chi connectivity index (χ0n) is 11.0. The largest absolute Gasteiger partial charge is 0.484 e. The van der Waals surface area contributed by atoms with E-state index in [1.165, 1.54) is 12.1 Å². The van der Waals surface area contributed by atoms with Gasteiger partial charge in [-0.2, -0.15) is 13.2 Å². The van der Waals surface area contributed by atoms with E-state index in [2.05, 4.69) is 10.1 Å². The van der Waals surface area contributed by atoms with Crippen LogP contribution in [0.5, 0.6) is 5.75 Å². The number of hydrogen-bond acceptors (Lipinski definition) is 4. The minimum Gasteiger partial charge on any atom is -0.484 e. The SMILES string of the molecule is OCc1ccc(CNc2ccc(OCC(F)(F)F)cc2)o1. The lowest BCUT2D eigenvalue weighted by molar-refractivity contribution is -0.153. The number of nitrogens with one attached hydrogen (secondary N) is 1. The first kappa shape index (κ1) is 15.2. The number of anilines is 1. The van der Waals surface area contributed by atoms with Crippen LogP contribution in [0.1, 0.15) is 11.5 Å². The van der Waals surface area contributed by atoms with Crippen molar-refractivity contribution in [3.8, 4) is 5.75 Å². The van der Waals surface area contributed by atoms with Crippen LogP contribution in [0.15, 0.2) is 40.8 Å². The molecular weight excluding hydrogens is 287 g/mol. The molecule has 0 bridgehead atoms. The third-order valence-corrected chi connectivity index (χ3v) is 2.60. The van der Waals surface area contributed by atoms with Crippen molar-refractivity contribution < 1.29 is 27.4 Å². The Labute approximate surface area is 119 Å². The number of rotatable bonds is 6. The molecule has 0 unspecified atom stereocenters. The number of alkyl halides is 3. The highest BCUT2D eigenvalue weighted by atomic mass is 19.4. The van der Waals surface area contributed by atoms with Gasteiger partial charge in [-0.25, -0.2) is 0 Å². The second kappa shape index (κ2) is 6.53. The van der Waals surface area contributed by atoms with Crippen LogP contribution in [-0.2, 0) is 13.2 Å². The van der Waals surface area contributed by atoms with E-state index in [0.717, 1.165) is 5.69 Å². The van der Waals surface area contributed by atoms with Crippen molar-refractivity contribution in [3.63, 3.8) is 0 Å². The molecule has 7 heteroatoms. The van der Waals surface area contributed by atoms with Crippen molar-refractivity contribution in [2.75, 3.05) is 11.9 Å². The van der Waals surface area contributed by atoms with Crippen LogP contribution in [0.3, 0.4) is 0 Å². The quantitative estimate of drug-likeness (QED) is 0.859. The van der Waals surface area contributed by atoms with Gasteiger partial charge in [0.05, 0.1) is 6.54 Å². The number of hydrogen-bond donors (Lipinski definition) is 2. The molecule has 1 heterocycles. The van der Waals surface area contributed by atoms with Gasteiger partial charge in [0, 0.05) is 5.69 Å². The molecule has 2 rings (SSSR count). The summed E-state index contributed by atoms with van der Waals surface area (Å²) in [5.41, 5.74) is 0.719. The number of aliphatic hydroxyl groups excluding tert-OH is 1. The molecular formula is C14H14F3NO3. The molecule has 0 fully saturated rings. The zero-order chi connectivity index (χ0) is 15.3. The summed E-state index contributed by atoms with van der Waals surface area (Å²) >= 11 is 0. The van der Waals surface area contributed by atoms with Gasteiger partial charge in [0.1, 0.15) is 23.9 Å². The highest BCUT2D eigenvalue weighted by Crippen LogP contribution is 2.20. The van der Waals surface area contributed by atoms with Gasteiger partial charge in [-0.1, -0.05) is 0 Å². The summed E-state index contributed by atoms with van der Waals surface area (Å²) in [4.78, 5) is 0. The molecule has 4 nitrogen and oxygen atoms in total. The van der Waals surface area contributed by atoms with Crippen LogP contribution in [0.4, 0.5) is 18.9 Å². The molecule has 0 amide bonds. The average Bonchev–Trinajstić information content (AvgIpc) is 2.91. The van der Waals surface area contributed by atoms with E-state index in [0.29, 0.717) is 18.1 Å². The Morgan fingerprint density at radius 2 is 1.71 bits per heavy atom. The van der Waals surface area contributed by atoms with Gasteiger partial charge in [-0.3, -0.25) is 0 Å². The molecule has 0 spiro atoms. The lowest BCUT2D eigenvalue weighted by atomic mass is 10.3. The van der Waals surface area contributed by atoms with Crippen LogP contribution < -0.4 is 10.1 Å². The fourth-order valence-electron chi connectivity index (χ4n) is 1.63. The maximum atomic E-state index is 12.0. The molecule has 1 aromatic heterocycles. The average molecular weight is 301 g/mol. The minimum absolute atomic E-state index is 0.151. The Kier molecular flexibility index (Phi) is 4.74. The first-order chi connectivity index (χ1) is 9.96. The molecule has 2 N–H and O–H groups in total. The molecule has 0 saturated heterocycles. The van der Waals surface area contributed by atoms with Crippen LogP contribution in [0.25, 0.3) is 0 Å². The second-order valence-electron chi connectivity index (χ2n) is 4.31. The van der Waals surface area contributed by atoms with Gasteiger partial charge in [-0.15, -0.1) is 0 Å². The Balaban J connectivity index is 1.84. The molecule has 0 radical (unpaired) electrons. The van der Waals surface area contributed by atoms with E-state index in [1.807, 2.05) is 0 Å². The zero-order valence-corrected chi connectivity index (χ0v) is 11.0. The molecule has 0 atom stereocenters. The fourth-order valence-corrected chi connectivity index (χ4v) is 1.63. The lowest BCUT2D eigenvalue weighted by Crippen LogP contribution is -2.19. The number of furan rings is 1. The predicted octanol–water partition coefficient (Wildman–Crippen LogP) is 3.33. The summed E-state index contributed by atoms with van der Waals surface area (Å²) in [5.74, 6) is 1.28. The topological polar surface area (TPSA) is 54.6 Å². The van der Waals surface area contributed by atoms with Gasteiger partial charge >= 0.3 is 6.18 Å². The third-order valence-electron chi connectivity index (χ3n) is 2.60. The van der Waals surface area contributed by atoms with E-state index in [4.69, 9.17) is 9.52 Å². The molecule has 21 heavy (non-hydrogen) atoms. The fraction of sp³-hybridized carbons (Fsp3) is 0.286. The van der Waals surface area contributed by atoms with E-state index in [-0.39, 0.29) is 12.4 Å². The van der Waals surface area contributed by atoms with E-state index in [1.54, 1.807) is 24.3 Å². The predicted molar refractivity (Wildman–Crippen MR) is 69.9 cm³/mol. The molecule has 2 aromatic rings. The Morgan fingerprint density at radius 1 is 1.05 bits per heavy atom. The Morgan fingerprint density at radius 3 is 2.29 bits per heavy atom. The number of halogens is 3. The first-order valence-corrected chi connectivity index (χ1v) is 6.18. The van der Waals surface area contributed by atoms with Gasteiger partial charge in [0.25, 0.3) is 0 Å². The minimum atomic E-state index is -4.35. The summed E-state index contributed by atoms with van der Waals surface area (Å²) in [6.45, 7) is -1.07. The molecule has 0 aliphatic heterocycles. The van der Waals surface area contributed by atoms with Crippen molar-refractivity contribution in [2.24, 2.45) is 0 Å². The maximum absolute atomic E-state index is 12.0. The molecule has 0 aliphatic carbocycles. The van der Waals surface area contributed by atoms with Gasteiger partial charge in [-0.05, 0) is 36.4 Å². The smallest absolute Gasteiger partial charge is 0.422 e. The second-order valence-corrected chi connectivity index (χ2v) is 4.31. The third kappa shape index (κ3) is 5.03. The molecule has 114 valence electrons. The summed E-state index contributed by atoms with van der Waals surface area (Å²) in [5, 5.41) is 11.9. The summed E-state index contributed by atoms with van der Waals surface area (Å²) in [7, 11) is 0. The van der Waals surface area contributed by atoms with Gasteiger partial charge < -0.3 is 19.6 Å². The van der Waals surface area contributed by atoms with Crippen molar-refractivity contribution >= 4 is 5.69 Å². The van der Waals surface area contributed by atoms with Crippen LogP contribution in [-0.4, -0.2) is 17.9 Å². The van der Waals surface area contributed by atoms with Crippen molar-refractivity contribution in [2.45, 2.75) is 19.3 Å². The van der Waals surface area contributed by atoms with E-state index in [9.17, 15) is 13.2 Å². The van der Waals surface area contributed by atoms with E-state index < -0.39 is 12.8 Å². The Hall–Kier alpha value is -2.15. The monoisotopic (exact) mass is 301 g/mol. The standard InChI is InChI=1S/C14H14F3NO3/c15-14(16,17)9-20-11-3-1-10(2-4-11)18-7-12-5-6-13(8-19)21-12/h1-6,18-19H,7-9H2. The van der Waals surface area contributed by atoms with Crippen LogP contribution in [0, 0.1) is 0 Å². The van der Waals surface area contributed by atoms with Crippen LogP contribution in [0.2, 0.25) is 0 Å². The number of benzene rings is 1. The van der Waals surface area contributed by atoms with Gasteiger partial charge in [0.2, 0.25) is 0 Å². The summed E-state index contributed by atoms with van der Waals surface area (Å²) < 4.78 is 45.9. The van der Waals surface area contributed by atoms with E-state index >= 15 is 0 Å². The molecule has 0 aliphatic rings. The van der Waals surface area contributed by atoms with Crippen molar-refractivity contribution in [1.82, 2.24) is 0 Å². The molecule has 0 saturated carbocycles. The normalized spacial score (nSPS) is 11.4. The van der Waals surface area contributed by atoms with Gasteiger partial charge in [0.15, 0.2) is 6.61 Å². The highest BCUT2D eigenvalue weighted by Gasteiger charge is 2.28. The lowest BCUT2D eigenvalue weighted by Gasteiger charge is -2.10. The van der Waals surface area contributed by atoms with Crippen LogP contribution >= 0.6 is 0 Å². The highest BCUT2D eigenvalue weighted by molar-refractivity contribution is 5.46. The Bertz CT molecular complexity index is 564. The number of aliphatic hydroxyl groups is 1. The molecule has 1 aromatic carbocycles. The summed E-state index contributed by atoms with van der Waals surface area (Å²) in [6, 6.07) is 9.54. The first-order valence-electron chi connectivity index (χ1n) is 6.18. The van der Waals surface area contributed by atoms with Crippen molar-refractivity contribution in [3.05, 3.63) is 47.9 Å². The number of ether oxygens (including phenoxy) is 1. The van der Waals surface area contributed by atoms with Crippen molar-refractivity contribution in [1.29, 1.82) is 0 Å².